The van der Waals surface area contributed by atoms with Gasteiger partial charge in [0.2, 0.25) is 5.95 Å². The van der Waals surface area contributed by atoms with Crippen LogP contribution in [-0.2, 0) is 9.53 Å². The molecule has 1 fully saturated rings. The summed E-state index contributed by atoms with van der Waals surface area (Å²) in [6.45, 7) is 2.59. The van der Waals surface area contributed by atoms with Crippen molar-refractivity contribution < 1.29 is 23.8 Å². The van der Waals surface area contributed by atoms with Crippen LogP contribution in [-0.4, -0.2) is 52.7 Å². The first-order chi connectivity index (χ1) is 10.0. The maximum absolute atomic E-state index is 12.8. The topological polar surface area (TPSA) is 79.7 Å². The van der Waals surface area contributed by atoms with Crippen LogP contribution in [0.2, 0.25) is 0 Å². The number of ether oxygens (including phenoxy) is 1. The van der Waals surface area contributed by atoms with Crippen LogP contribution >= 0.6 is 0 Å². The molecule has 1 aliphatic rings. The third kappa shape index (κ3) is 3.36. The van der Waals surface area contributed by atoms with Crippen LogP contribution in [0.4, 0.5) is 4.39 Å². The van der Waals surface area contributed by atoms with Crippen molar-refractivity contribution in [2.24, 2.45) is 5.92 Å². The molecule has 0 aromatic carbocycles. The van der Waals surface area contributed by atoms with E-state index in [0.29, 0.717) is 13.0 Å². The molecule has 1 amide bonds. The molecule has 1 aromatic heterocycles. The van der Waals surface area contributed by atoms with Gasteiger partial charge in [-0.05, 0) is 18.6 Å². The summed E-state index contributed by atoms with van der Waals surface area (Å²) >= 11 is 0. The molecule has 0 aliphatic carbocycles. The van der Waals surface area contributed by atoms with Gasteiger partial charge in [0, 0.05) is 12.7 Å². The molecular formula is C14H17FN2O4. The number of hydrogen-bond acceptors (Lipinski definition) is 4. The molecule has 0 bridgehead atoms. The number of carbonyl (C=O) groups excluding carboxylic acids is 1. The van der Waals surface area contributed by atoms with Crippen LogP contribution in [0, 0.1) is 11.9 Å². The largest absolute Gasteiger partial charge is 0.481 e. The number of halogens is 1. The Balaban J connectivity index is 2.23. The summed E-state index contributed by atoms with van der Waals surface area (Å²) in [5.41, 5.74) is 0.237. The molecule has 2 unspecified atom stereocenters. The fourth-order valence-electron chi connectivity index (χ4n) is 2.41. The molecule has 1 aliphatic heterocycles. The zero-order valence-electron chi connectivity index (χ0n) is 11.7. The van der Waals surface area contributed by atoms with E-state index in [2.05, 4.69) is 4.98 Å². The van der Waals surface area contributed by atoms with E-state index in [4.69, 9.17) is 4.74 Å². The fraction of sp³-hybridized carbons (Fsp3) is 0.500. The lowest BCUT2D eigenvalue weighted by atomic mass is 10.0. The van der Waals surface area contributed by atoms with Crippen molar-refractivity contribution in [3.63, 3.8) is 0 Å². The van der Waals surface area contributed by atoms with Crippen LogP contribution in [0.3, 0.4) is 0 Å². The van der Waals surface area contributed by atoms with E-state index in [1.165, 1.54) is 11.0 Å². The highest BCUT2D eigenvalue weighted by atomic mass is 19.1. The minimum Gasteiger partial charge on any atom is -0.481 e. The van der Waals surface area contributed by atoms with E-state index in [9.17, 15) is 19.1 Å². The molecule has 7 heteroatoms. The van der Waals surface area contributed by atoms with Gasteiger partial charge in [0.05, 0.1) is 24.8 Å². The number of hydrogen-bond donors (Lipinski definition) is 1. The summed E-state index contributed by atoms with van der Waals surface area (Å²) in [7, 11) is 0. The highest BCUT2D eigenvalue weighted by Crippen LogP contribution is 2.22. The normalized spacial score (nSPS) is 21.2. The molecule has 1 aromatic rings. The van der Waals surface area contributed by atoms with Gasteiger partial charge in [-0.25, -0.2) is 4.98 Å². The minimum atomic E-state index is -0.983. The Bertz CT molecular complexity index is 520. The number of nitrogens with zero attached hydrogens (tertiary/aromatic N) is 2. The Hall–Kier alpha value is -2.02. The number of pyridine rings is 1. The summed E-state index contributed by atoms with van der Waals surface area (Å²) in [6, 6.07) is 1.94. The van der Waals surface area contributed by atoms with Crippen LogP contribution in [0.5, 0.6) is 0 Å². The zero-order chi connectivity index (χ0) is 15.4. The smallest absolute Gasteiger partial charge is 0.311 e. The number of rotatable bonds is 5. The second-order valence-electron chi connectivity index (χ2n) is 4.92. The van der Waals surface area contributed by atoms with Gasteiger partial charge >= 0.3 is 5.97 Å². The van der Waals surface area contributed by atoms with E-state index in [-0.39, 0.29) is 24.7 Å². The highest BCUT2D eigenvalue weighted by Gasteiger charge is 2.40. The first kappa shape index (κ1) is 15.4. The Morgan fingerprint density at radius 3 is 2.81 bits per heavy atom. The van der Waals surface area contributed by atoms with E-state index in [1.807, 2.05) is 6.92 Å². The molecule has 21 heavy (non-hydrogen) atoms. The van der Waals surface area contributed by atoms with Gasteiger partial charge in [-0.1, -0.05) is 6.92 Å². The number of carbonyl (C=O) groups is 2. The Morgan fingerprint density at radius 1 is 1.48 bits per heavy atom. The molecule has 114 valence electrons. The van der Waals surface area contributed by atoms with Gasteiger partial charge in [0.15, 0.2) is 0 Å². The molecular weight excluding hydrogens is 279 g/mol. The van der Waals surface area contributed by atoms with Crippen LogP contribution < -0.4 is 0 Å². The lowest BCUT2D eigenvalue weighted by Gasteiger charge is -2.30. The summed E-state index contributed by atoms with van der Waals surface area (Å²) in [6.07, 6.45) is 1.84. The van der Waals surface area contributed by atoms with Gasteiger partial charge in [-0.3, -0.25) is 9.59 Å². The molecule has 1 N–H and O–H groups in total. The van der Waals surface area contributed by atoms with Crippen molar-refractivity contribution >= 4 is 11.9 Å². The van der Waals surface area contributed by atoms with Crippen LogP contribution in [0.1, 0.15) is 23.7 Å². The van der Waals surface area contributed by atoms with Crippen molar-refractivity contribution in [2.75, 3.05) is 19.8 Å². The number of aliphatic carboxylic acids is 1. The molecule has 2 atom stereocenters. The molecule has 2 heterocycles. The lowest BCUT2D eigenvalue weighted by molar-refractivity contribution is -0.142. The summed E-state index contributed by atoms with van der Waals surface area (Å²) in [5, 5.41) is 9.21. The number of aromatic nitrogens is 1. The molecule has 0 saturated carbocycles. The lowest BCUT2D eigenvalue weighted by Crippen LogP contribution is -2.47. The van der Waals surface area contributed by atoms with Gasteiger partial charge in [0.25, 0.3) is 5.91 Å². The van der Waals surface area contributed by atoms with Crippen molar-refractivity contribution in [2.45, 2.75) is 19.4 Å². The molecule has 1 saturated heterocycles. The van der Waals surface area contributed by atoms with Gasteiger partial charge < -0.3 is 14.7 Å². The molecule has 6 nitrogen and oxygen atoms in total. The van der Waals surface area contributed by atoms with E-state index >= 15 is 0 Å². The predicted molar refractivity (Wildman–Crippen MR) is 71.3 cm³/mol. The van der Waals surface area contributed by atoms with Gasteiger partial charge in [0.1, 0.15) is 5.92 Å². The van der Waals surface area contributed by atoms with E-state index < -0.39 is 23.9 Å². The van der Waals surface area contributed by atoms with E-state index in [1.54, 1.807) is 0 Å². The molecule has 0 spiro atoms. The first-order valence-electron chi connectivity index (χ1n) is 6.77. The number of amides is 1. The van der Waals surface area contributed by atoms with Crippen molar-refractivity contribution in [3.8, 4) is 0 Å². The van der Waals surface area contributed by atoms with Crippen molar-refractivity contribution in [3.05, 3.63) is 29.8 Å². The van der Waals surface area contributed by atoms with Crippen molar-refractivity contribution in [1.82, 2.24) is 9.88 Å². The maximum atomic E-state index is 12.8. The first-order valence-corrected chi connectivity index (χ1v) is 6.77. The Morgan fingerprint density at radius 2 is 2.24 bits per heavy atom. The average molecular weight is 296 g/mol. The monoisotopic (exact) mass is 296 g/mol. The third-order valence-electron chi connectivity index (χ3n) is 3.47. The molecule has 2 rings (SSSR count). The predicted octanol–water partition coefficient (Wildman–Crippen LogP) is 1.17. The zero-order valence-corrected chi connectivity index (χ0v) is 11.7. The minimum absolute atomic E-state index is 0.0924. The summed E-state index contributed by atoms with van der Waals surface area (Å²) in [4.78, 5) is 28.7. The van der Waals surface area contributed by atoms with Gasteiger partial charge in [-0.2, -0.15) is 4.39 Å². The maximum Gasteiger partial charge on any atom is 0.311 e. The SMILES string of the molecule is CCCN(C(=O)c1ccc(F)nc1)C1COCC1C(=O)O. The van der Waals surface area contributed by atoms with Crippen LogP contribution in [0.15, 0.2) is 18.3 Å². The second-order valence-corrected chi connectivity index (χ2v) is 4.92. The van der Waals surface area contributed by atoms with Crippen molar-refractivity contribution in [1.29, 1.82) is 0 Å². The number of carboxylic acids is 1. The Kier molecular flexibility index (Phi) is 4.85. The highest BCUT2D eigenvalue weighted by molar-refractivity contribution is 5.94. The third-order valence-corrected chi connectivity index (χ3v) is 3.47. The van der Waals surface area contributed by atoms with Crippen LogP contribution in [0.25, 0.3) is 0 Å². The fourth-order valence-corrected chi connectivity index (χ4v) is 2.41. The average Bonchev–Trinajstić information content (AvgIpc) is 2.94. The summed E-state index contributed by atoms with van der Waals surface area (Å²) in [5.74, 6) is -2.75. The van der Waals surface area contributed by atoms with E-state index in [0.717, 1.165) is 12.3 Å². The summed E-state index contributed by atoms with van der Waals surface area (Å²) < 4.78 is 18.0. The number of carboxylic acid groups (broad SMARTS) is 1. The molecule has 0 radical (unpaired) electrons. The second kappa shape index (κ2) is 6.62. The quantitative estimate of drug-likeness (QED) is 0.825. The standard InChI is InChI=1S/C14H17FN2O4/c1-2-5-17(11-8-21-7-10(11)14(19)20)13(18)9-3-4-12(15)16-6-9/h3-4,6,10-11H,2,5,7-8H2,1H3,(H,19,20). The Labute approximate surface area is 121 Å². The van der Waals surface area contributed by atoms with Gasteiger partial charge in [-0.15, -0.1) is 0 Å².